The van der Waals surface area contributed by atoms with Crippen LogP contribution in [-0.4, -0.2) is 21.0 Å². The summed E-state index contributed by atoms with van der Waals surface area (Å²) in [5.74, 6) is 0.737. The third-order valence-electron chi connectivity index (χ3n) is 5.01. The molecule has 3 aromatic rings. The van der Waals surface area contributed by atoms with Crippen molar-refractivity contribution in [2.45, 2.75) is 46.9 Å². The fraction of sp³-hybridized carbons (Fsp3) is 0.333. The van der Waals surface area contributed by atoms with Crippen LogP contribution < -0.4 is 10.1 Å². The highest BCUT2D eigenvalue weighted by atomic mass is 35.5. The number of ether oxygens (including phenoxy) is 1. The molecule has 0 saturated heterocycles. The zero-order valence-corrected chi connectivity index (χ0v) is 19.0. The van der Waals surface area contributed by atoms with E-state index in [2.05, 4.69) is 5.32 Å². The first-order chi connectivity index (χ1) is 14.6. The number of rotatable bonds is 7. The maximum absolute atomic E-state index is 11.3. The molecule has 0 radical (unpaired) electrons. The van der Waals surface area contributed by atoms with Crippen LogP contribution in [0.5, 0.6) is 5.75 Å². The highest BCUT2D eigenvalue weighted by Gasteiger charge is 2.30. The normalized spacial score (nSPS) is 12.4. The van der Waals surface area contributed by atoms with E-state index in [9.17, 15) is 9.90 Å². The smallest absolute Gasteiger partial charge is 0.405 e. The molecule has 0 bridgehead atoms. The summed E-state index contributed by atoms with van der Waals surface area (Å²) in [6.45, 7) is 8.80. The number of carboxylic acid groups (broad SMARTS) is 1. The summed E-state index contributed by atoms with van der Waals surface area (Å²) in [5.41, 5.74) is 3.25. The van der Waals surface area contributed by atoms with E-state index in [1.165, 1.54) is 0 Å². The Morgan fingerprint density at radius 3 is 2.55 bits per heavy atom. The lowest BCUT2D eigenvalue weighted by Gasteiger charge is -2.29. The molecule has 1 unspecified atom stereocenters. The fourth-order valence-corrected chi connectivity index (χ4v) is 3.60. The summed E-state index contributed by atoms with van der Waals surface area (Å²) in [5, 5.41) is 17.2. The van der Waals surface area contributed by atoms with Gasteiger partial charge in [0.1, 0.15) is 12.4 Å². The second-order valence-electron chi connectivity index (χ2n) is 8.64. The van der Waals surface area contributed by atoms with Crippen molar-refractivity contribution in [3.05, 3.63) is 82.1 Å². The summed E-state index contributed by atoms with van der Waals surface area (Å²) in [7, 11) is 0. The largest absolute Gasteiger partial charge is 0.489 e. The van der Waals surface area contributed by atoms with Gasteiger partial charge in [0.25, 0.3) is 0 Å². The summed E-state index contributed by atoms with van der Waals surface area (Å²) < 4.78 is 7.91. The Labute approximate surface area is 187 Å². The van der Waals surface area contributed by atoms with Gasteiger partial charge in [0.2, 0.25) is 0 Å². The molecule has 2 aromatic carbocycles. The van der Waals surface area contributed by atoms with Gasteiger partial charge in [-0.3, -0.25) is 4.68 Å². The molecule has 1 atom stereocenters. The van der Waals surface area contributed by atoms with Crippen LogP contribution in [0.2, 0.25) is 5.02 Å². The minimum absolute atomic E-state index is 0.329. The quantitative estimate of drug-likeness (QED) is 0.483. The van der Waals surface area contributed by atoms with E-state index in [0.29, 0.717) is 23.9 Å². The van der Waals surface area contributed by atoms with Crippen molar-refractivity contribution in [2.75, 3.05) is 0 Å². The average Bonchev–Trinajstić information content (AvgIpc) is 3.05. The van der Waals surface area contributed by atoms with Gasteiger partial charge < -0.3 is 15.2 Å². The van der Waals surface area contributed by atoms with E-state index in [-0.39, 0.29) is 5.41 Å². The Balaban J connectivity index is 1.85. The molecule has 0 aliphatic rings. The lowest BCUT2D eigenvalue weighted by Crippen LogP contribution is -2.36. The van der Waals surface area contributed by atoms with Crippen LogP contribution in [0.1, 0.15) is 49.3 Å². The number of amides is 1. The van der Waals surface area contributed by atoms with Gasteiger partial charge in [-0.25, -0.2) is 4.79 Å². The lowest BCUT2D eigenvalue weighted by molar-refractivity contribution is 0.173. The monoisotopic (exact) mass is 441 g/mol. The number of hydrogen-bond acceptors (Lipinski definition) is 3. The first kappa shape index (κ1) is 22.7. The Hall–Kier alpha value is -2.99. The number of aromatic nitrogens is 2. The van der Waals surface area contributed by atoms with E-state index in [1.807, 2.05) is 80.9 Å². The minimum Gasteiger partial charge on any atom is -0.489 e. The molecule has 6 nitrogen and oxygen atoms in total. The van der Waals surface area contributed by atoms with Crippen molar-refractivity contribution < 1.29 is 14.6 Å². The molecule has 7 heteroatoms. The second kappa shape index (κ2) is 9.43. The van der Waals surface area contributed by atoms with Crippen molar-refractivity contribution in [2.24, 2.45) is 5.41 Å². The molecule has 0 spiro atoms. The molecular weight excluding hydrogens is 414 g/mol. The molecule has 1 amide bonds. The van der Waals surface area contributed by atoms with Gasteiger partial charge in [-0.05, 0) is 42.2 Å². The topological polar surface area (TPSA) is 76.4 Å². The van der Waals surface area contributed by atoms with Gasteiger partial charge in [-0.1, -0.05) is 62.7 Å². The van der Waals surface area contributed by atoms with Crippen molar-refractivity contribution in [3.8, 4) is 5.75 Å². The molecule has 0 aliphatic heterocycles. The Morgan fingerprint density at radius 2 is 1.90 bits per heavy atom. The third-order valence-corrected chi connectivity index (χ3v) is 5.24. The second-order valence-corrected chi connectivity index (χ2v) is 9.08. The number of benzene rings is 2. The maximum Gasteiger partial charge on any atom is 0.405 e. The Bertz CT molecular complexity index is 1040. The minimum atomic E-state index is -1.07. The maximum atomic E-state index is 11.3. The van der Waals surface area contributed by atoms with Crippen molar-refractivity contribution >= 4 is 17.7 Å². The predicted octanol–water partition coefficient (Wildman–Crippen LogP) is 5.83. The molecule has 0 saturated carbocycles. The number of nitrogens with one attached hydrogen (secondary N) is 1. The van der Waals surface area contributed by atoms with E-state index in [4.69, 9.17) is 21.4 Å². The number of nitrogens with zero attached hydrogens (tertiary/aromatic N) is 2. The predicted molar refractivity (Wildman–Crippen MR) is 122 cm³/mol. The number of carbonyl (C=O) groups is 1. The third kappa shape index (κ3) is 6.01. The van der Waals surface area contributed by atoms with Gasteiger partial charge in [-0.15, -0.1) is 0 Å². The van der Waals surface area contributed by atoms with E-state index >= 15 is 0 Å². The van der Waals surface area contributed by atoms with Crippen LogP contribution in [0.15, 0.2) is 54.6 Å². The molecule has 3 rings (SSSR count). The first-order valence-corrected chi connectivity index (χ1v) is 10.5. The zero-order chi connectivity index (χ0) is 22.6. The standard InChI is InChI=1S/C24H28ClN3O3/c1-16-12-20(22(24(2,3)4)26-23(29)30)27-28(16)14-18-13-19(25)10-11-21(18)31-15-17-8-6-5-7-9-17/h5-13,22,26H,14-15H2,1-4H3,(H,29,30). The van der Waals surface area contributed by atoms with Gasteiger partial charge in [-0.2, -0.15) is 5.10 Å². The fourth-order valence-electron chi connectivity index (χ4n) is 3.40. The summed E-state index contributed by atoms with van der Waals surface area (Å²) >= 11 is 6.25. The molecule has 0 aliphatic carbocycles. The van der Waals surface area contributed by atoms with Crippen LogP contribution in [0, 0.1) is 12.3 Å². The van der Waals surface area contributed by atoms with Gasteiger partial charge in [0.15, 0.2) is 0 Å². The SMILES string of the molecule is Cc1cc(C(NC(=O)O)C(C)(C)C)nn1Cc1cc(Cl)ccc1OCc1ccccc1. The van der Waals surface area contributed by atoms with Crippen molar-refractivity contribution in [3.63, 3.8) is 0 Å². The van der Waals surface area contributed by atoms with E-state index < -0.39 is 12.1 Å². The molecular formula is C24H28ClN3O3. The zero-order valence-electron chi connectivity index (χ0n) is 18.2. The lowest BCUT2D eigenvalue weighted by atomic mass is 9.85. The van der Waals surface area contributed by atoms with Crippen LogP contribution >= 0.6 is 11.6 Å². The Kier molecular flexibility index (Phi) is 6.91. The highest BCUT2D eigenvalue weighted by molar-refractivity contribution is 6.30. The molecule has 2 N–H and O–H groups in total. The van der Waals surface area contributed by atoms with Gasteiger partial charge in [0.05, 0.1) is 18.3 Å². The molecule has 1 heterocycles. The van der Waals surface area contributed by atoms with E-state index in [0.717, 1.165) is 22.6 Å². The first-order valence-electron chi connectivity index (χ1n) is 10.1. The summed E-state index contributed by atoms with van der Waals surface area (Å²) in [6.07, 6.45) is -1.07. The summed E-state index contributed by atoms with van der Waals surface area (Å²) in [4.78, 5) is 11.3. The van der Waals surface area contributed by atoms with Crippen LogP contribution in [0.3, 0.4) is 0 Å². The molecule has 1 aromatic heterocycles. The van der Waals surface area contributed by atoms with Gasteiger partial charge >= 0.3 is 6.09 Å². The molecule has 31 heavy (non-hydrogen) atoms. The van der Waals surface area contributed by atoms with Crippen LogP contribution in [0.4, 0.5) is 4.79 Å². The van der Waals surface area contributed by atoms with E-state index in [1.54, 1.807) is 6.07 Å². The molecule has 0 fully saturated rings. The average molecular weight is 442 g/mol. The summed E-state index contributed by atoms with van der Waals surface area (Å²) in [6, 6.07) is 17.0. The number of aryl methyl sites for hydroxylation is 1. The molecule has 164 valence electrons. The highest BCUT2D eigenvalue weighted by Crippen LogP contribution is 2.33. The van der Waals surface area contributed by atoms with Gasteiger partial charge in [0, 0.05) is 16.3 Å². The van der Waals surface area contributed by atoms with Crippen LogP contribution in [-0.2, 0) is 13.2 Å². The number of hydrogen-bond donors (Lipinski definition) is 2. The Morgan fingerprint density at radius 1 is 1.19 bits per heavy atom. The van der Waals surface area contributed by atoms with Crippen LogP contribution in [0.25, 0.3) is 0 Å². The number of halogens is 1. The van der Waals surface area contributed by atoms with Crippen molar-refractivity contribution in [1.29, 1.82) is 0 Å². The van der Waals surface area contributed by atoms with Crippen molar-refractivity contribution in [1.82, 2.24) is 15.1 Å².